The largest absolute Gasteiger partial charge is 0.368 e. The van der Waals surface area contributed by atoms with Gasteiger partial charge in [-0.3, -0.25) is 9.79 Å². The summed E-state index contributed by atoms with van der Waals surface area (Å²) in [6.07, 6.45) is 2.56. The van der Waals surface area contributed by atoms with Gasteiger partial charge in [0.25, 0.3) is 5.91 Å². The molecule has 7 nitrogen and oxygen atoms in total. The molecule has 164 valence electrons. The van der Waals surface area contributed by atoms with Gasteiger partial charge in [0, 0.05) is 63.0 Å². The standard InChI is InChI=1S/C22H31N5O2.HI/c1-16-17(18-6-3-4-7-19(18)25-16)9-10-24-22(23-2)27-13-11-26(12-14-27)21(28)20-8-5-15-29-20;/h3-4,6-7,20,25H,5,8-15H2,1-2H3,(H,23,24);1H. The molecule has 3 heterocycles. The van der Waals surface area contributed by atoms with Crippen molar-refractivity contribution >= 4 is 46.7 Å². The maximum atomic E-state index is 12.5. The Morgan fingerprint density at radius 3 is 2.67 bits per heavy atom. The van der Waals surface area contributed by atoms with Crippen molar-refractivity contribution in [3.8, 4) is 0 Å². The molecule has 30 heavy (non-hydrogen) atoms. The van der Waals surface area contributed by atoms with E-state index in [1.54, 1.807) is 0 Å². The lowest BCUT2D eigenvalue weighted by Gasteiger charge is -2.37. The van der Waals surface area contributed by atoms with Gasteiger partial charge in [-0.2, -0.15) is 0 Å². The number of carbonyl (C=O) groups excluding carboxylic acids is 1. The topological polar surface area (TPSA) is 73.0 Å². The summed E-state index contributed by atoms with van der Waals surface area (Å²) in [6.45, 7) is 6.71. The Bertz CT molecular complexity index is 883. The Hall–Kier alpha value is -1.81. The van der Waals surface area contributed by atoms with Crippen molar-refractivity contribution in [3.05, 3.63) is 35.5 Å². The van der Waals surface area contributed by atoms with E-state index in [-0.39, 0.29) is 36.0 Å². The number of aromatic amines is 1. The monoisotopic (exact) mass is 525 g/mol. The summed E-state index contributed by atoms with van der Waals surface area (Å²) in [4.78, 5) is 24.6. The fourth-order valence-corrected chi connectivity index (χ4v) is 4.40. The molecule has 1 atom stereocenters. The molecule has 2 fully saturated rings. The number of rotatable bonds is 4. The number of piperazine rings is 1. The molecule has 1 aromatic heterocycles. The van der Waals surface area contributed by atoms with Crippen LogP contribution in [-0.2, 0) is 16.0 Å². The van der Waals surface area contributed by atoms with Gasteiger partial charge in [-0.05, 0) is 37.8 Å². The van der Waals surface area contributed by atoms with Crippen LogP contribution in [0.2, 0.25) is 0 Å². The van der Waals surface area contributed by atoms with E-state index in [4.69, 9.17) is 4.74 Å². The smallest absolute Gasteiger partial charge is 0.251 e. The lowest BCUT2D eigenvalue weighted by atomic mass is 10.1. The predicted octanol–water partition coefficient (Wildman–Crippen LogP) is 2.54. The molecular weight excluding hydrogens is 493 g/mol. The van der Waals surface area contributed by atoms with Gasteiger partial charge in [-0.25, -0.2) is 0 Å². The van der Waals surface area contributed by atoms with Crippen LogP contribution < -0.4 is 5.32 Å². The molecule has 2 aliphatic heterocycles. The fourth-order valence-electron chi connectivity index (χ4n) is 4.40. The van der Waals surface area contributed by atoms with E-state index in [1.165, 1.54) is 22.2 Å². The highest BCUT2D eigenvalue weighted by atomic mass is 127. The van der Waals surface area contributed by atoms with E-state index in [0.717, 1.165) is 57.9 Å². The molecule has 8 heteroatoms. The summed E-state index contributed by atoms with van der Waals surface area (Å²) in [7, 11) is 1.82. The number of halogens is 1. The number of ether oxygens (including phenoxy) is 1. The van der Waals surface area contributed by atoms with Crippen LogP contribution in [0.15, 0.2) is 29.3 Å². The number of guanidine groups is 1. The van der Waals surface area contributed by atoms with Gasteiger partial charge in [-0.15, -0.1) is 24.0 Å². The maximum absolute atomic E-state index is 12.5. The summed E-state index contributed by atoms with van der Waals surface area (Å²) in [5, 5.41) is 4.80. The average molecular weight is 525 g/mol. The second kappa shape index (κ2) is 10.5. The van der Waals surface area contributed by atoms with Crippen molar-refractivity contribution in [3.63, 3.8) is 0 Å². The molecule has 1 aromatic carbocycles. The Balaban J connectivity index is 0.00000256. The average Bonchev–Trinajstić information content (AvgIpc) is 3.39. The summed E-state index contributed by atoms with van der Waals surface area (Å²) in [5.74, 6) is 1.06. The molecule has 2 aliphatic rings. The first-order valence-corrected chi connectivity index (χ1v) is 10.6. The van der Waals surface area contributed by atoms with Crippen LogP contribution in [0, 0.1) is 6.92 Å². The van der Waals surface area contributed by atoms with Gasteiger partial charge in [0.05, 0.1) is 0 Å². The highest BCUT2D eigenvalue weighted by molar-refractivity contribution is 14.0. The highest BCUT2D eigenvalue weighted by Crippen LogP contribution is 2.22. The number of fused-ring (bicyclic) bond motifs is 1. The van der Waals surface area contributed by atoms with E-state index in [9.17, 15) is 4.79 Å². The van der Waals surface area contributed by atoms with Crippen molar-refractivity contribution < 1.29 is 9.53 Å². The molecule has 0 radical (unpaired) electrons. The first kappa shape index (κ1) is 22.9. The fraction of sp³-hybridized carbons (Fsp3) is 0.545. The summed E-state index contributed by atoms with van der Waals surface area (Å²) in [6, 6.07) is 8.44. The number of hydrogen-bond acceptors (Lipinski definition) is 3. The van der Waals surface area contributed by atoms with Gasteiger partial charge >= 0.3 is 0 Å². The molecule has 2 aromatic rings. The van der Waals surface area contributed by atoms with Crippen LogP contribution >= 0.6 is 24.0 Å². The van der Waals surface area contributed by atoms with Crippen molar-refractivity contribution in [1.29, 1.82) is 0 Å². The number of H-pyrrole nitrogens is 1. The number of hydrogen-bond donors (Lipinski definition) is 2. The van der Waals surface area contributed by atoms with E-state index in [1.807, 2.05) is 11.9 Å². The Morgan fingerprint density at radius 2 is 1.97 bits per heavy atom. The predicted molar refractivity (Wildman–Crippen MR) is 131 cm³/mol. The van der Waals surface area contributed by atoms with Crippen LogP contribution in [0.25, 0.3) is 10.9 Å². The molecule has 0 bridgehead atoms. The van der Waals surface area contributed by atoms with Crippen molar-refractivity contribution in [2.45, 2.75) is 32.3 Å². The molecule has 2 N–H and O–H groups in total. The first-order chi connectivity index (χ1) is 14.2. The number of aryl methyl sites for hydroxylation is 1. The van der Waals surface area contributed by atoms with Crippen LogP contribution in [0.5, 0.6) is 0 Å². The van der Waals surface area contributed by atoms with E-state index in [2.05, 4.69) is 51.4 Å². The lowest BCUT2D eigenvalue weighted by molar-refractivity contribution is -0.142. The Kier molecular flexibility index (Phi) is 7.99. The number of amides is 1. The third-order valence-electron chi connectivity index (χ3n) is 5.99. The first-order valence-electron chi connectivity index (χ1n) is 10.6. The summed E-state index contributed by atoms with van der Waals surface area (Å²) >= 11 is 0. The van der Waals surface area contributed by atoms with Gasteiger partial charge < -0.3 is 24.8 Å². The maximum Gasteiger partial charge on any atom is 0.251 e. The third-order valence-corrected chi connectivity index (χ3v) is 5.99. The lowest BCUT2D eigenvalue weighted by Crippen LogP contribution is -2.55. The third kappa shape index (κ3) is 4.91. The minimum Gasteiger partial charge on any atom is -0.368 e. The van der Waals surface area contributed by atoms with E-state index < -0.39 is 0 Å². The molecule has 1 unspecified atom stereocenters. The van der Waals surface area contributed by atoms with Gasteiger partial charge in [0.1, 0.15) is 6.10 Å². The summed E-state index contributed by atoms with van der Waals surface area (Å²) in [5.41, 5.74) is 3.77. The second-order valence-electron chi connectivity index (χ2n) is 7.81. The van der Waals surface area contributed by atoms with Gasteiger partial charge in [0.15, 0.2) is 5.96 Å². The van der Waals surface area contributed by atoms with Gasteiger partial charge in [-0.1, -0.05) is 18.2 Å². The van der Waals surface area contributed by atoms with Crippen LogP contribution in [0.3, 0.4) is 0 Å². The zero-order valence-corrected chi connectivity index (χ0v) is 20.1. The molecule has 2 saturated heterocycles. The minimum absolute atomic E-state index is 0. The minimum atomic E-state index is -0.224. The molecule has 4 rings (SSSR count). The zero-order valence-electron chi connectivity index (χ0n) is 17.8. The van der Waals surface area contributed by atoms with E-state index in [0.29, 0.717) is 6.61 Å². The van der Waals surface area contributed by atoms with Crippen LogP contribution in [0.1, 0.15) is 24.1 Å². The van der Waals surface area contributed by atoms with Crippen molar-refractivity contribution in [1.82, 2.24) is 20.1 Å². The molecule has 0 aliphatic carbocycles. The number of nitrogens with zero attached hydrogens (tertiary/aromatic N) is 3. The van der Waals surface area contributed by atoms with Gasteiger partial charge in [0.2, 0.25) is 0 Å². The number of para-hydroxylation sites is 1. The summed E-state index contributed by atoms with van der Waals surface area (Å²) < 4.78 is 5.55. The molecule has 0 saturated carbocycles. The van der Waals surface area contributed by atoms with Crippen molar-refractivity contribution in [2.75, 3.05) is 46.4 Å². The van der Waals surface area contributed by atoms with Crippen LogP contribution in [-0.4, -0.2) is 79.1 Å². The van der Waals surface area contributed by atoms with Crippen LogP contribution in [0.4, 0.5) is 0 Å². The molecular formula is C22H32IN5O2. The quantitative estimate of drug-likeness (QED) is 0.366. The number of aromatic nitrogens is 1. The number of benzene rings is 1. The molecule has 1 amide bonds. The van der Waals surface area contributed by atoms with Crippen molar-refractivity contribution in [2.24, 2.45) is 4.99 Å². The SMILES string of the molecule is CN=C(NCCc1c(C)[nH]c2ccccc12)N1CCN(C(=O)C2CCCO2)CC1.I. The zero-order chi connectivity index (χ0) is 20.2. The normalized spacial score (nSPS) is 19.8. The number of carbonyl (C=O) groups is 1. The Labute approximate surface area is 195 Å². The van der Waals surface area contributed by atoms with E-state index >= 15 is 0 Å². The Morgan fingerprint density at radius 1 is 1.23 bits per heavy atom. The second-order valence-corrected chi connectivity index (χ2v) is 7.81. The number of aliphatic imine (C=N–C) groups is 1. The highest BCUT2D eigenvalue weighted by Gasteiger charge is 2.30. The molecule has 0 spiro atoms. The number of nitrogens with one attached hydrogen (secondary N) is 2.